The van der Waals surface area contributed by atoms with E-state index >= 15 is 0 Å². The average molecular weight is 273 g/mol. The number of rotatable bonds is 6. The molecule has 0 saturated carbocycles. The summed E-state index contributed by atoms with van der Waals surface area (Å²) in [5, 5.41) is 2.79. The number of nitrogens with zero attached hydrogens (tertiary/aromatic N) is 1. The Labute approximate surface area is 116 Å². The summed E-state index contributed by atoms with van der Waals surface area (Å²) in [5.74, 6) is 0.472. The molecule has 0 saturated heterocycles. The minimum Gasteiger partial charge on any atom is -0.353 e. The highest BCUT2D eigenvalue weighted by Crippen LogP contribution is 2.04. The van der Waals surface area contributed by atoms with E-state index in [1.165, 1.54) is 18.2 Å². The van der Waals surface area contributed by atoms with Crippen LogP contribution >= 0.6 is 0 Å². The third kappa shape index (κ3) is 4.68. The van der Waals surface area contributed by atoms with Crippen LogP contribution in [0.5, 0.6) is 0 Å². The molecule has 0 atom stereocenters. The molecular weight excluding hydrogens is 257 g/mol. The van der Waals surface area contributed by atoms with Crippen molar-refractivity contribution in [3.63, 3.8) is 0 Å². The van der Waals surface area contributed by atoms with Gasteiger partial charge in [0.1, 0.15) is 11.6 Å². The van der Waals surface area contributed by atoms with Crippen LogP contribution in [-0.4, -0.2) is 22.4 Å². The summed E-state index contributed by atoms with van der Waals surface area (Å²) in [6.07, 6.45) is 8.21. The van der Waals surface area contributed by atoms with E-state index in [-0.39, 0.29) is 11.7 Å². The molecule has 2 aromatic rings. The molecule has 0 bridgehead atoms. The molecule has 1 amide bonds. The zero-order valence-electron chi connectivity index (χ0n) is 11.0. The first-order valence-corrected chi connectivity index (χ1v) is 6.44. The molecule has 4 nitrogen and oxygen atoms in total. The molecule has 0 unspecified atom stereocenters. The highest BCUT2D eigenvalue weighted by molar-refractivity contribution is 5.91. The molecule has 0 spiro atoms. The predicted octanol–water partition coefficient (Wildman–Crippen LogP) is 2.31. The standard InChI is InChI=1S/C15H16FN3O/c16-13-6-3-12(4-7-13)5-8-15(20)19-9-1-2-14-17-10-11-18-14/h3-8,10-11H,1-2,9H2,(H,17,18)(H,19,20)/b8-5+. The van der Waals surface area contributed by atoms with Crippen molar-refractivity contribution in [2.45, 2.75) is 12.8 Å². The zero-order valence-corrected chi connectivity index (χ0v) is 11.0. The van der Waals surface area contributed by atoms with Crippen LogP contribution in [0.3, 0.4) is 0 Å². The number of aromatic nitrogens is 2. The average Bonchev–Trinajstić information content (AvgIpc) is 2.96. The lowest BCUT2D eigenvalue weighted by atomic mass is 10.2. The molecule has 0 radical (unpaired) electrons. The van der Waals surface area contributed by atoms with E-state index in [1.807, 2.05) is 0 Å². The normalized spacial score (nSPS) is 10.8. The second-order valence-electron chi connectivity index (χ2n) is 4.32. The van der Waals surface area contributed by atoms with Crippen molar-refractivity contribution in [3.05, 3.63) is 59.9 Å². The highest BCUT2D eigenvalue weighted by Gasteiger charge is 1.97. The number of halogens is 1. The summed E-state index contributed by atoms with van der Waals surface area (Å²) in [6.45, 7) is 0.591. The highest BCUT2D eigenvalue weighted by atomic mass is 19.1. The molecule has 0 aliphatic heterocycles. The molecule has 2 rings (SSSR count). The predicted molar refractivity (Wildman–Crippen MR) is 75.4 cm³/mol. The number of carbonyl (C=O) groups excluding carboxylic acids is 1. The first kappa shape index (κ1) is 14.0. The van der Waals surface area contributed by atoms with E-state index in [1.54, 1.807) is 30.6 Å². The van der Waals surface area contributed by atoms with E-state index in [0.29, 0.717) is 6.54 Å². The SMILES string of the molecule is O=C(/C=C/c1ccc(F)cc1)NCCCc1ncc[nH]1. The summed E-state index contributed by atoms with van der Waals surface area (Å²) < 4.78 is 12.7. The summed E-state index contributed by atoms with van der Waals surface area (Å²) in [7, 11) is 0. The summed E-state index contributed by atoms with van der Waals surface area (Å²) in [5.41, 5.74) is 0.789. The number of carbonyl (C=O) groups is 1. The van der Waals surface area contributed by atoms with Crippen LogP contribution in [0.15, 0.2) is 42.7 Å². The van der Waals surface area contributed by atoms with Gasteiger partial charge in [-0.15, -0.1) is 0 Å². The van der Waals surface area contributed by atoms with E-state index in [9.17, 15) is 9.18 Å². The maximum Gasteiger partial charge on any atom is 0.243 e. The van der Waals surface area contributed by atoms with Crippen LogP contribution in [0.4, 0.5) is 4.39 Å². The van der Waals surface area contributed by atoms with Crippen molar-refractivity contribution in [1.29, 1.82) is 0 Å². The fourth-order valence-corrected chi connectivity index (χ4v) is 1.71. The third-order valence-corrected chi connectivity index (χ3v) is 2.74. The van der Waals surface area contributed by atoms with Gasteiger partial charge in [0.2, 0.25) is 5.91 Å². The number of amides is 1. The number of hydrogen-bond donors (Lipinski definition) is 2. The minimum atomic E-state index is -0.287. The molecule has 0 aliphatic rings. The molecule has 0 fully saturated rings. The second kappa shape index (κ2) is 7.23. The fourth-order valence-electron chi connectivity index (χ4n) is 1.71. The van der Waals surface area contributed by atoms with Gasteiger partial charge in [0.15, 0.2) is 0 Å². The van der Waals surface area contributed by atoms with Gasteiger partial charge >= 0.3 is 0 Å². The summed E-state index contributed by atoms with van der Waals surface area (Å²) >= 11 is 0. The van der Waals surface area contributed by atoms with Gasteiger partial charge in [-0.25, -0.2) is 9.37 Å². The van der Waals surface area contributed by atoms with Crippen LogP contribution < -0.4 is 5.32 Å². The minimum absolute atomic E-state index is 0.159. The number of aryl methyl sites for hydroxylation is 1. The number of hydrogen-bond acceptors (Lipinski definition) is 2. The van der Waals surface area contributed by atoms with Crippen LogP contribution in [0.1, 0.15) is 17.8 Å². The van der Waals surface area contributed by atoms with Crippen molar-refractivity contribution < 1.29 is 9.18 Å². The molecule has 1 heterocycles. The summed E-state index contributed by atoms with van der Waals surface area (Å²) in [4.78, 5) is 18.7. The molecule has 0 aliphatic carbocycles. The van der Waals surface area contributed by atoms with Gasteiger partial charge in [0.05, 0.1) is 0 Å². The van der Waals surface area contributed by atoms with E-state index < -0.39 is 0 Å². The number of H-pyrrole nitrogens is 1. The van der Waals surface area contributed by atoms with Gasteiger partial charge in [-0.3, -0.25) is 4.79 Å². The van der Waals surface area contributed by atoms with Gasteiger partial charge in [-0.2, -0.15) is 0 Å². The fraction of sp³-hybridized carbons (Fsp3) is 0.200. The van der Waals surface area contributed by atoms with Crippen LogP contribution in [0.25, 0.3) is 6.08 Å². The lowest BCUT2D eigenvalue weighted by Gasteiger charge is -2.00. The van der Waals surface area contributed by atoms with Gasteiger partial charge in [0, 0.05) is 31.4 Å². The van der Waals surface area contributed by atoms with Crippen molar-refractivity contribution in [2.75, 3.05) is 6.54 Å². The Kier molecular flexibility index (Phi) is 5.06. The Morgan fingerprint density at radius 3 is 2.85 bits per heavy atom. The van der Waals surface area contributed by atoms with Crippen LogP contribution in [0.2, 0.25) is 0 Å². The number of benzene rings is 1. The molecular formula is C15H16FN3O. The van der Waals surface area contributed by atoms with Crippen molar-refractivity contribution in [3.8, 4) is 0 Å². The van der Waals surface area contributed by atoms with Crippen molar-refractivity contribution >= 4 is 12.0 Å². The maximum atomic E-state index is 12.7. The van der Waals surface area contributed by atoms with Crippen LogP contribution in [0, 0.1) is 5.82 Å². The van der Waals surface area contributed by atoms with Gasteiger partial charge in [-0.05, 0) is 30.2 Å². The summed E-state index contributed by atoms with van der Waals surface area (Å²) in [6, 6.07) is 5.97. The largest absolute Gasteiger partial charge is 0.353 e. The number of nitrogens with one attached hydrogen (secondary N) is 2. The van der Waals surface area contributed by atoms with Gasteiger partial charge in [0.25, 0.3) is 0 Å². The second-order valence-corrected chi connectivity index (χ2v) is 4.32. The molecule has 104 valence electrons. The van der Waals surface area contributed by atoms with Crippen molar-refractivity contribution in [1.82, 2.24) is 15.3 Å². The quantitative estimate of drug-likeness (QED) is 0.627. The number of aromatic amines is 1. The Morgan fingerprint density at radius 2 is 2.15 bits per heavy atom. The molecule has 5 heteroatoms. The molecule has 1 aromatic carbocycles. The van der Waals surface area contributed by atoms with Crippen LogP contribution in [-0.2, 0) is 11.2 Å². The first-order chi connectivity index (χ1) is 9.74. The topological polar surface area (TPSA) is 57.8 Å². The molecule has 1 aromatic heterocycles. The van der Waals surface area contributed by atoms with Crippen molar-refractivity contribution in [2.24, 2.45) is 0 Å². The lowest BCUT2D eigenvalue weighted by Crippen LogP contribution is -2.22. The van der Waals surface area contributed by atoms with E-state index in [4.69, 9.17) is 0 Å². The lowest BCUT2D eigenvalue weighted by molar-refractivity contribution is -0.116. The Hall–Kier alpha value is -2.43. The smallest absolute Gasteiger partial charge is 0.243 e. The zero-order chi connectivity index (χ0) is 14.2. The third-order valence-electron chi connectivity index (χ3n) is 2.74. The Balaban J connectivity index is 1.68. The van der Waals surface area contributed by atoms with E-state index in [0.717, 1.165) is 24.2 Å². The monoisotopic (exact) mass is 273 g/mol. The maximum absolute atomic E-state index is 12.7. The molecule has 20 heavy (non-hydrogen) atoms. The number of imidazole rings is 1. The van der Waals surface area contributed by atoms with Gasteiger partial charge in [-0.1, -0.05) is 12.1 Å². The molecule has 2 N–H and O–H groups in total. The first-order valence-electron chi connectivity index (χ1n) is 6.44. The Bertz CT molecular complexity index is 561. The van der Waals surface area contributed by atoms with Gasteiger partial charge < -0.3 is 10.3 Å². The Morgan fingerprint density at radius 1 is 1.35 bits per heavy atom. The van der Waals surface area contributed by atoms with E-state index in [2.05, 4.69) is 15.3 Å².